The predicted molar refractivity (Wildman–Crippen MR) is 88.5 cm³/mol. The van der Waals surface area contributed by atoms with E-state index in [1.54, 1.807) is 6.07 Å². The minimum absolute atomic E-state index is 0.0642. The second kappa shape index (κ2) is 6.48. The summed E-state index contributed by atoms with van der Waals surface area (Å²) in [5, 5.41) is 9.20. The molecule has 3 aromatic rings. The van der Waals surface area contributed by atoms with Gasteiger partial charge in [0.05, 0.1) is 5.39 Å². The lowest BCUT2D eigenvalue weighted by atomic mass is 10.0. The molecule has 0 bridgehead atoms. The normalized spacial score (nSPS) is 10.8. The lowest BCUT2D eigenvalue weighted by molar-refractivity contribution is -0.137. The summed E-state index contributed by atoms with van der Waals surface area (Å²) in [5.41, 5.74) is 2.43. The van der Waals surface area contributed by atoms with E-state index in [1.165, 1.54) is 6.07 Å². The zero-order valence-electron chi connectivity index (χ0n) is 12.5. The van der Waals surface area contributed by atoms with Gasteiger partial charge in [-0.25, -0.2) is 0 Å². The van der Waals surface area contributed by atoms with Crippen LogP contribution in [-0.2, 0) is 11.2 Å². The maximum absolute atomic E-state index is 12.3. The van der Waals surface area contributed by atoms with Gasteiger partial charge >= 0.3 is 5.97 Å². The molecule has 4 nitrogen and oxygen atoms in total. The number of hydrogen-bond donors (Lipinski definition) is 1. The maximum atomic E-state index is 12.3. The number of carboxylic acid groups (broad SMARTS) is 1. The smallest absolute Gasteiger partial charge is 0.303 e. The van der Waals surface area contributed by atoms with Crippen molar-refractivity contribution in [1.82, 2.24) is 0 Å². The van der Waals surface area contributed by atoms with Crippen LogP contribution in [-0.4, -0.2) is 11.1 Å². The fourth-order valence-corrected chi connectivity index (χ4v) is 2.55. The minimum Gasteiger partial charge on any atom is -0.481 e. The first-order chi connectivity index (χ1) is 11.1. The van der Waals surface area contributed by atoms with E-state index >= 15 is 0 Å². The molecule has 0 aliphatic carbocycles. The molecular formula is C19H16O4. The minimum atomic E-state index is -0.847. The van der Waals surface area contributed by atoms with Crippen molar-refractivity contribution in [2.75, 3.05) is 0 Å². The van der Waals surface area contributed by atoms with Gasteiger partial charge in [0, 0.05) is 18.9 Å². The lowest BCUT2D eigenvalue weighted by Crippen LogP contribution is -2.03. The third-order valence-electron chi connectivity index (χ3n) is 3.70. The van der Waals surface area contributed by atoms with Crippen LogP contribution >= 0.6 is 0 Å². The number of fused-ring (bicyclic) bond motifs is 1. The van der Waals surface area contributed by atoms with Gasteiger partial charge in [-0.3, -0.25) is 9.59 Å². The summed E-state index contributed by atoms with van der Waals surface area (Å²) in [7, 11) is 0. The summed E-state index contributed by atoms with van der Waals surface area (Å²) >= 11 is 0. The van der Waals surface area contributed by atoms with Crippen molar-refractivity contribution >= 4 is 16.9 Å². The highest BCUT2D eigenvalue weighted by Gasteiger charge is 2.08. The first-order valence-electron chi connectivity index (χ1n) is 7.47. The fraction of sp³-hybridized carbons (Fsp3) is 0.158. The van der Waals surface area contributed by atoms with E-state index in [2.05, 4.69) is 0 Å². The molecule has 0 radical (unpaired) electrons. The summed E-state index contributed by atoms with van der Waals surface area (Å²) in [4.78, 5) is 22.9. The molecule has 0 aliphatic rings. The molecule has 1 aromatic heterocycles. The molecule has 1 N–H and O–H groups in total. The molecule has 0 saturated carbocycles. The van der Waals surface area contributed by atoms with Crippen molar-refractivity contribution in [2.24, 2.45) is 0 Å². The molecule has 3 rings (SSSR count). The fourth-order valence-electron chi connectivity index (χ4n) is 2.55. The molecule has 0 fully saturated rings. The Labute approximate surface area is 133 Å². The van der Waals surface area contributed by atoms with Crippen LogP contribution in [0, 0.1) is 0 Å². The number of carbonyl (C=O) groups is 1. The number of aryl methyl sites for hydroxylation is 1. The average molecular weight is 308 g/mol. The number of rotatable bonds is 5. The predicted octanol–water partition coefficient (Wildman–Crippen LogP) is 3.87. The summed E-state index contributed by atoms with van der Waals surface area (Å²) in [5.74, 6) is -0.322. The van der Waals surface area contributed by atoms with Crippen molar-refractivity contribution in [3.05, 3.63) is 70.6 Å². The summed E-state index contributed by atoms with van der Waals surface area (Å²) in [6, 6.07) is 16.8. The van der Waals surface area contributed by atoms with E-state index < -0.39 is 5.97 Å². The quantitative estimate of drug-likeness (QED) is 0.777. The third kappa shape index (κ3) is 3.48. The molecule has 0 spiro atoms. The van der Waals surface area contributed by atoms with Crippen molar-refractivity contribution in [2.45, 2.75) is 19.3 Å². The summed E-state index contributed by atoms with van der Waals surface area (Å²) < 4.78 is 5.72. The SMILES string of the molecule is O=C(O)CCCc1cc(=O)c2cc(-c3ccccc3)ccc2o1. The molecule has 2 aromatic carbocycles. The van der Waals surface area contributed by atoms with Gasteiger partial charge in [0.2, 0.25) is 0 Å². The van der Waals surface area contributed by atoms with Gasteiger partial charge < -0.3 is 9.52 Å². The highest BCUT2D eigenvalue weighted by Crippen LogP contribution is 2.23. The Morgan fingerprint density at radius 2 is 1.78 bits per heavy atom. The Hall–Kier alpha value is -2.88. The molecule has 0 saturated heterocycles. The Bertz CT molecular complexity index is 894. The van der Waals surface area contributed by atoms with Crippen molar-refractivity contribution < 1.29 is 14.3 Å². The zero-order chi connectivity index (χ0) is 16.2. The van der Waals surface area contributed by atoms with E-state index in [1.807, 2.05) is 42.5 Å². The van der Waals surface area contributed by atoms with Gasteiger partial charge in [-0.05, 0) is 29.7 Å². The van der Waals surface area contributed by atoms with Crippen LogP contribution in [0.5, 0.6) is 0 Å². The molecule has 1 heterocycles. The number of hydrogen-bond acceptors (Lipinski definition) is 3. The van der Waals surface area contributed by atoms with Crippen LogP contribution in [0.25, 0.3) is 22.1 Å². The second-order valence-corrected chi connectivity index (χ2v) is 5.40. The van der Waals surface area contributed by atoms with Crippen LogP contribution < -0.4 is 5.43 Å². The number of benzene rings is 2. The second-order valence-electron chi connectivity index (χ2n) is 5.40. The van der Waals surface area contributed by atoms with Gasteiger partial charge in [-0.1, -0.05) is 36.4 Å². The van der Waals surface area contributed by atoms with Crippen LogP contribution in [0.1, 0.15) is 18.6 Å². The van der Waals surface area contributed by atoms with Crippen molar-refractivity contribution in [3.63, 3.8) is 0 Å². The summed E-state index contributed by atoms with van der Waals surface area (Å²) in [6.45, 7) is 0. The topological polar surface area (TPSA) is 67.5 Å². The highest BCUT2D eigenvalue weighted by molar-refractivity contribution is 5.83. The van der Waals surface area contributed by atoms with Crippen LogP contribution in [0.2, 0.25) is 0 Å². The molecule has 0 unspecified atom stereocenters. The average Bonchev–Trinajstić information content (AvgIpc) is 2.55. The Kier molecular flexibility index (Phi) is 4.24. The third-order valence-corrected chi connectivity index (χ3v) is 3.70. The largest absolute Gasteiger partial charge is 0.481 e. The van der Waals surface area contributed by atoms with Crippen molar-refractivity contribution in [1.29, 1.82) is 0 Å². The molecule has 4 heteroatoms. The zero-order valence-corrected chi connectivity index (χ0v) is 12.5. The van der Waals surface area contributed by atoms with E-state index in [0.717, 1.165) is 11.1 Å². The molecular weight excluding hydrogens is 292 g/mol. The highest BCUT2D eigenvalue weighted by atomic mass is 16.4. The Morgan fingerprint density at radius 1 is 1.00 bits per heavy atom. The molecule has 116 valence electrons. The molecule has 0 aliphatic heterocycles. The first-order valence-corrected chi connectivity index (χ1v) is 7.47. The van der Waals surface area contributed by atoms with Crippen LogP contribution in [0.3, 0.4) is 0 Å². The lowest BCUT2D eigenvalue weighted by Gasteiger charge is -2.05. The monoisotopic (exact) mass is 308 g/mol. The Balaban J connectivity index is 1.94. The summed E-state index contributed by atoms with van der Waals surface area (Å²) in [6.07, 6.45) is 0.957. The van der Waals surface area contributed by atoms with Crippen LogP contribution in [0.4, 0.5) is 0 Å². The van der Waals surface area contributed by atoms with Gasteiger partial charge in [0.15, 0.2) is 5.43 Å². The van der Waals surface area contributed by atoms with Crippen LogP contribution in [0.15, 0.2) is 63.8 Å². The standard InChI is InChI=1S/C19H16O4/c20-17-12-15(7-4-8-19(21)22)23-18-10-9-14(11-16(17)18)13-5-2-1-3-6-13/h1-3,5-6,9-12H,4,7-8H2,(H,21,22). The molecule has 0 atom stereocenters. The van der Waals surface area contributed by atoms with E-state index in [0.29, 0.717) is 29.6 Å². The van der Waals surface area contributed by atoms with Gasteiger partial charge in [-0.15, -0.1) is 0 Å². The van der Waals surface area contributed by atoms with E-state index in [9.17, 15) is 9.59 Å². The Morgan fingerprint density at radius 3 is 2.52 bits per heavy atom. The van der Waals surface area contributed by atoms with Gasteiger partial charge in [0.1, 0.15) is 11.3 Å². The first kappa shape index (κ1) is 15.0. The van der Waals surface area contributed by atoms with Gasteiger partial charge in [0.25, 0.3) is 0 Å². The van der Waals surface area contributed by atoms with Gasteiger partial charge in [-0.2, -0.15) is 0 Å². The maximum Gasteiger partial charge on any atom is 0.303 e. The molecule has 0 amide bonds. The van der Waals surface area contributed by atoms with E-state index in [-0.39, 0.29) is 11.8 Å². The number of carboxylic acids is 1. The number of aliphatic carboxylic acids is 1. The van der Waals surface area contributed by atoms with E-state index in [4.69, 9.17) is 9.52 Å². The van der Waals surface area contributed by atoms with Crippen molar-refractivity contribution in [3.8, 4) is 11.1 Å². The molecule has 23 heavy (non-hydrogen) atoms.